The monoisotopic (exact) mass is 275 g/mol. The Hall–Kier alpha value is -1.11. The van der Waals surface area contributed by atoms with E-state index in [0.29, 0.717) is 6.42 Å². The van der Waals surface area contributed by atoms with E-state index in [4.69, 9.17) is 4.74 Å². The lowest BCUT2D eigenvalue weighted by Gasteiger charge is -2.26. The molecule has 6 nitrogen and oxygen atoms in total. The van der Waals surface area contributed by atoms with Gasteiger partial charge < -0.3 is 4.74 Å². The first-order valence-corrected chi connectivity index (χ1v) is 7.68. The molecule has 2 unspecified atom stereocenters. The number of amides is 2. The van der Waals surface area contributed by atoms with Crippen LogP contribution in [0.25, 0.3) is 0 Å². The second kappa shape index (κ2) is 3.94. The quantitative estimate of drug-likeness (QED) is 0.645. The van der Waals surface area contributed by atoms with Crippen molar-refractivity contribution in [1.82, 2.24) is 4.90 Å². The fourth-order valence-corrected chi connectivity index (χ4v) is 4.31. The first-order valence-electron chi connectivity index (χ1n) is 5.85. The topological polar surface area (TPSA) is 80.8 Å². The molecule has 2 amide bonds. The highest BCUT2D eigenvalue weighted by Gasteiger charge is 2.51. The average molecular weight is 275 g/mol. The summed E-state index contributed by atoms with van der Waals surface area (Å²) in [6.07, 6.45) is -0.311. The van der Waals surface area contributed by atoms with E-state index in [2.05, 4.69) is 0 Å². The molecule has 0 aromatic carbocycles. The molecule has 7 heteroatoms. The molecule has 2 heterocycles. The molecule has 0 aromatic rings. The summed E-state index contributed by atoms with van der Waals surface area (Å²) in [4.78, 5) is 24.9. The summed E-state index contributed by atoms with van der Waals surface area (Å²) in [5.74, 6) is -1.30. The summed E-state index contributed by atoms with van der Waals surface area (Å²) < 4.78 is 28.3. The predicted molar refractivity (Wildman–Crippen MR) is 63.6 cm³/mol. The highest BCUT2D eigenvalue weighted by Crippen LogP contribution is 2.33. The Morgan fingerprint density at radius 3 is 2.50 bits per heavy atom. The molecule has 102 valence electrons. The maximum atomic E-state index is 12.0. The molecule has 0 radical (unpaired) electrons. The molecule has 2 fully saturated rings. The molecular weight excluding hydrogens is 258 g/mol. The highest BCUT2D eigenvalue weighted by molar-refractivity contribution is 7.91. The van der Waals surface area contributed by atoms with Gasteiger partial charge in [-0.15, -0.1) is 0 Å². The minimum Gasteiger partial charge on any atom is -0.443 e. The third-order valence-electron chi connectivity index (χ3n) is 3.00. The average Bonchev–Trinajstić information content (AvgIpc) is 2.33. The van der Waals surface area contributed by atoms with Crippen LogP contribution in [0.1, 0.15) is 27.2 Å². The summed E-state index contributed by atoms with van der Waals surface area (Å²) in [6.45, 7) is 5.11. The standard InChI is InChI=1S/C11H17NO5S/c1-11(2,3)17-10(14)12-8-4-7(9(12)13)5-18(15,16)6-8/h7-8H,4-6H2,1-3H3. The highest BCUT2D eigenvalue weighted by atomic mass is 32.2. The van der Waals surface area contributed by atoms with Crippen LogP contribution in [0.15, 0.2) is 0 Å². The number of carbonyl (C=O) groups excluding carboxylic acids is 2. The van der Waals surface area contributed by atoms with E-state index in [0.717, 1.165) is 4.90 Å². The van der Waals surface area contributed by atoms with Gasteiger partial charge in [-0.25, -0.2) is 18.1 Å². The molecule has 2 aliphatic heterocycles. The summed E-state index contributed by atoms with van der Waals surface area (Å²) in [6, 6.07) is -0.559. The maximum Gasteiger partial charge on any atom is 0.417 e. The second-order valence-corrected chi connectivity index (χ2v) is 8.01. The van der Waals surface area contributed by atoms with Crippen molar-refractivity contribution >= 4 is 21.8 Å². The van der Waals surface area contributed by atoms with Crippen molar-refractivity contribution in [3.8, 4) is 0 Å². The van der Waals surface area contributed by atoms with Crippen LogP contribution in [0.2, 0.25) is 0 Å². The van der Waals surface area contributed by atoms with E-state index >= 15 is 0 Å². The minimum absolute atomic E-state index is 0.144. The predicted octanol–water partition coefficient (Wildman–Crippen LogP) is 0.567. The van der Waals surface area contributed by atoms with Gasteiger partial charge in [0.15, 0.2) is 9.84 Å². The van der Waals surface area contributed by atoms with Crippen molar-refractivity contribution in [2.75, 3.05) is 11.5 Å². The Kier molecular flexibility index (Phi) is 2.92. The van der Waals surface area contributed by atoms with Crippen LogP contribution in [0.5, 0.6) is 0 Å². The Morgan fingerprint density at radius 1 is 1.33 bits per heavy atom. The van der Waals surface area contributed by atoms with Crippen molar-refractivity contribution in [3.05, 3.63) is 0 Å². The van der Waals surface area contributed by atoms with Gasteiger partial charge in [0.25, 0.3) is 0 Å². The summed E-state index contributed by atoms with van der Waals surface area (Å²) in [5.41, 5.74) is -0.701. The lowest BCUT2D eigenvalue weighted by molar-refractivity contribution is -0.130. The Labute approximate surface area is 106 Å². The van der Waals surface area contributed by atoms with Gasteiger partial charge in [0.2, 0.25) is 5.91 Å². The molecular formula is C11H17NO5S. The van der Waals surface area contributed by atoms with Gasteiger partial charge in [-0.1, -0.05) is 0 Å². The largest absolute Gasteiger partial charge is 0.443 e. The number of nitrogens with zero attached hydrogens (tertiary/aromatic N) is 1. The fourth-order valence-electron chi connectivity index (χ4n) is 2.41. The molecule has 0 aliphatic carbocycles. The fraction of sp³-hybridized carbons (Fsp3) is 0.818. The Morgan fingerprint density at radius 2 is 1.94 bits per heavy atom. The van der Waals surface area contributed by atoms with Gasteiger partial charge in [0.05, 0.1) is 23.5 Å². The SMILES string of the molecule is CC(C)(C)OC(=O)N1C(=O)C2CC1CS(=O)(=O)C2. The van der Waals surface area contributed by atoms with Crippen LogP contribution < -0.4 is 0 Å². The van der Waals surface area contributed by atoms with E-state index in [-0.39, 0.29) is 11.5 Å². The number of hydrogen-bond donors (Lipinski definition) is 0. The van der Waals surface area contributed by atoms with Crippen LogP contribution >= 0.6 is 0 Å². The van der Waals surface area contributed by atoms with Gasteiger partial charge in [-0.05, 0) is 27.2 Å². The molecule has 0 saturated carbocycles. The Balaban J connectivity index is 2.20. The summed E-state index contributed by atoms with van der Waals surface area (Å²) in [7, 11) is -3.23. The molecule has 2 aliphatic rings. The smallest absolute Gasteiger partial charge is 0.417 e. The number of fused-ring (bicyclic) bond motifs is 2. The summed E-state index contributed by atoms with van der Waals surface area (Å²) in [5, 5.41) is 0. The number of sulfone groups is 1. The van der Waals surface area contributed by atoms with Crippen molar-refractivity contribution < 1.29 is 22.7 Å². The van der Waals surface area contributed by atoms with Crippen LogP contribution in [0.4, 0.5) is 4.79 Å². The van der Waals surface area contributed by atoms with Crippen LogP contribution in [0, 0.1) is 5.92 Å². The van der Waals surface area contributed by atoms with Crippen LogP contribution in [0.3, 0.4) is 0 Å². The van der Waals surface area contributed by atoms with E-state index < -0.39 is 39.4 Å². The third kappa shape index (κ3) is 2.50. The molecule has 0 aromatic heterocycles. The minimum atomic E-state index is -3.23. The number of carbonyl (C=O) groups is 2. The number of likely N-dealkylation sites (tertiary alicyclic amines) is 1. The van der Waals surface area contributed by atoms with Crippen molar-refractivity contribution in [2.45, 2.75) is 38.8 Å². The first-order chi connectivity index (χ1) is 8.09. The molecule has 2 atom stereocenters. The van der Waals surface area contributed by atoms with E-state index in [9.17, 15) is 18.0 Å². The van der Waals surface area contributed by atoms with Gasteiger partial charge >= 0.3 is 6.09 Å². The number of ether oxygens (including phenoxy) is 1. The van der Waals surface area contributed by atoms with E-state index in [1.165, 1.54) is 0 Å². The van der Waals surface area contributed by atoms with E-state index in [1.54, 1.807) is 20.8 Å². The molecule has 2 rings (SSSR count). The lowest BCUT2D eigenvalue weighted by atomic mass is 10.1. The zero-order valence-electron chi connectivity index (χ0n) is 10.7. The number of rotatable bonds is 0. The zero-order chi connectivity index (χ0) is 13.7. The van der Waals surface area contributed by atoms with E-state index in [1.807, 2.05) is 0 Å². The molecule has 18 heavy (non-hydrogen) atoms. The second-order valence-electron chi connectivity index (χ2n) is 5.85. The zero-order valence-corrected chi connectivity index (χ0v) is 11.5. The number of hydrogen-bond acceptors (Lipinski definition) is 5. The molecule has 0 spiro atoms. The molecule has 0 N–H and O–H groups in total. The van der Waals surface area contributed by atoms with Gasteiger partial charge in [0, 0.05) is 0 Å². The summed E-state index contributed by atoms with van der Waals surface area (Å²) >= 11 is 0. The first kappa shape index (κ1) is 13.3. The van der Waals surface area contributed by atoms with Crippen LogP contribution in [-0.2, 0) is 19.4 Å². The number of imide groups is 1. The van der Waals surface area contributed by atoms with Crippen molar-refractivity contribution in [2.24, 2.45) is 5.92 Å². The normalized spacial score (nSPS) is 30.4. The lowest BCUT2D eigenvalue weighted by Crippen LogP contribution is -2.44. The van der Waals surface area contributed by atoms with Gasteiger partial charge in [0.1, 0.15) is 5.60 Å². The van der Waals surface area contributed by atoms with Crippen LogP contribution in [-0.4, -0.2) is 48.5 Å². The maximum absolute atomic E-state index is 12.0. The van der Waals surface area contributed by atoms with Crippen molar-refractivity contribution in [1.29, 1.82) is 0 Å². The van der Waals surface area contributed by atoms with Crippen molar-refractivity contribution in [3.63, 3.8) is 0 Å². The molecule has 2 saturated heterocycles. The third-order valence-corrected chi connectivity index (χ3v) is 4.80. The van der Waals surface area contributed by atoms with Gasteiger partial charge in [-0.3, -0.25) is 4.79 Å². The van der Waals surface area contributed by atoms with Gasteiger partial charge in [-0.2, -0.15) is 0 Å². The molecule has 2 bridgehead atoms. The Bertz CT molecular complexity index is 490.